The maximum absolute atomic E-state index is 13.1. The van der Waals surface area contributed by atoms with E-state index in [0.29, 0.717) is 21.8 Å². The van der Waals surface area contributed by atoms with Crippen LogP contribution < -0.4 is 0 Å². The molecule has 26 heavy (non-hydrogen) atoms. The van der Waals surface area contributed by atoms with Crippen molar-refractivity contribution in [3.63, 3.8) is 0 Å². The highest BCUT2D eigenvalue weighted by Crippen LogP contribution is 2.30. The number of rotatable bonds is 5. The summed E-state index contributed by atoms with van der Waals surface area (Å²) in [4.78, 5) is 26.5. The fourth-order valence-electron chi connectivity index (χ4n) is 2.70. The molecule has 4 rings (SSSR count). The Hall–Kier alpha value is -3.31. The molecule has 0 radical (unpaired) electrons. The fourth-order valence-corrected chi connectivity index (χ4v) is 3.37. The Balaban J connectivity index is 1.89. The van der Waals surface area contributed by atoms with Crippen molar-refractivity contribution in [3.8, 4) is 11.3 Å². The molecule has 0 saturated carbocycles. The molecule has 0 aliphatic heterocycles. The highest BCUT2D eigenvalue weighted by molar-refractivity contribution is 7.12. The molecule has 0 N–H and O–H groups in total. The van der Waals surface area contributed by atoms with Crippen LogP contribution in [0.2, 0.25) is 0 Å². The zero-order chi connectivity index (χ0) is 17.9. The molecule has 0 saturated heterocycles. The number of aromatic nitrogens is 1. The van der Waals surface area contributed by atoms with Crippen LogP contribution in [0.5, 0.6) is 0 Å². The second-order valence-electron chi connectivity index (χ2n) is 5.60. The van der Waals surface area contributed by atoms with E-state index in [-0.39, 0.29) is 22.8 Å². The smallest absolute Gasteiger partial charge is 0.225 e. The van der Waals surface area contributed by atoms with Gasteiger partial charge in [-0.15, -0.1) is 11.3 Å². The normalized spacial score (nSPS) is 10.6. The molecule has 0 aliphatic rings. The van der Waals surface area contributed by atoms with Gasteiger partial charge in [-0.1, -0.05) is 71.9 Å². The predicted octanol–water partition coefficient (Wildman–Crippen LogP) is 4.87. The summed E-state index contributed by atoms with van der Waals surface area (Å²) in [5, 5.41) is 5.77. The molecule has 2 heterocycles. The van der Waals surface area contributed by atoms with Gasteiger partial charge in [0.2, 0.25) is 5.78 Å². The number of nitrogens with zero attached hydrogens (tertiary/aromatic N) is 1. The first-order valence-electron chi connectivity index (χ1n) is 7.99. The molecule has 2 aromatic carbocycles. The van der Waals surface area contributed by atoms with E-state index in [0.717, 1.165) is 0 Å². The van der Waals surface area contributed by atoms with Crippen molar-refractivity contribution in [2.45, 2.75) is 0 Å². The largest absolute Gasteiger partial charge is 0.355 e. The lowest BCUT2D eigenvalue weighted by atomic mass is 9.96. The minimum absolute atomic E-state index is 0.0418. The summed E-state index contributed by atoms with van der Waals surface area (Å²) in [5.41, 5.74) is 1.42. The van der Waals surface area contributed by atoms with Gasteiger partial charge in [-0.25, -0.2) is 0 Å². The van der Waals surface area contributed by atoms with Crippen molar-refractivity contribution >= 4 is 22.9 Å². The van der Waals surface area contributed by atoms with Crippen LogP contribution in [-0.2, 0) is 0 Å². The Morgan fingerprint density at radius 2 is 1.50 bits per heavy atom. The van der Waals surface area contributed by atoms with Crippen LogP contribution in [0.15, 0.2) is 82.7 Å². The van der Waals surface area contributed by atoms with Gasteiger partial charge in [-0.2, -0.15) is 0 Å². The monoisotopic (exact) mass is 359 g/mol. The van der Waals surface area contributed by atoms with E-state index in [1.165, 1.54) is 11.3 Å². The van der Waals surface area contributed by atoms with Crippen molar-refractivity contribution in [2.75, 3.05) is 0 Å². The second kappa shape index (κ2) is 6.90. The highest BCUT2D eigenvalue weighted by Gasteiger charge is 2.29. The molecule has 0 amide bonds. The van der Waals surface area contributed by atoms with Crippen molar-refractivity contribution in [2.24, 2.45) is 0 Å². The number of carbonyl (C=O) groups excluding carboxylic acids is 2. The summed E-state index contributed by atoms with van der Waals surface area (Å²) >= 11 is 1.30. The van der Waals surface area contributed by atoms with Gasteiger partial charge < -0.3 is 4.52 Å². The summed E-state index contributed by atoms with van der Waals surface area (Å²) < 4.78 is 5.46. The lowest BCUT2D eigenvalue weighted by Crippen LogP contribution is -2.10. The van der Waals surface area contributed by atoms with Crippen molar-refractivity contribution in [3.05, 3.63) is 99.9 Å². The van der Waals surface area contributed by atoms with Gasteiger partial charge in [-0.05, 0) is 11.4 Å². The van der Waals surface area contributed by atoms with Gasteiger partial charge in [0.1, 0.15) is 5.56 Å². The Morgan fingerprint density at radius 1 is 0.808 bits per heavy atom. The van der Waals surface area contributed by atoms with E-state index >= 15 is 0 Å². The molecule has 0 unspecified atom stereocenters. The maximum atomic E-state index is 13.1. The lowest BCUT2D eigenvalue weighted by molar-refractivity contribution is 0.100. The summed E-state index contributed by atoms with van der Waals surface area (Å²) in [7, 11) is 0. The van der Waals surface area contributed by atoms with Gasteiger partial charge >= 0.3 is 0 Å². The summed E-state index contributed by atoms with van der Waals surface area (Å²) in [6.07, 6.45) is 0. The van der Waals surface area contributed by atoms with Gasteiger partial charge in [0.15, 0.2) is 17.2 Å². The van der Waals surface area contributed by atoms with Gasteiger partial charge in [0.25, 0.3) is 0 Å². The summed E-state index contributed by atoms with van der Waals surface area (Å²) in [6.45, 7) is 0. The minimum atomic E-state index is -0.315. The molecule has 0 aliphatic carbocycles. The van der Waals surface area contributed by atoms with Gasteiger partial charge in [-0.3, -0.25) is 9.59 Å². The molecular weight excluding hydrogens is 346 g/mol. The van der Waals surface area contributed by atoms with Crippen LogP contribution in [-0.4, -0.2) is 16.7 Å². The molecule has 0 fully saturated rings. The zero-order valence-electron chi connectivity index (χ0n) is 13.6. The number of ketones is 2. The number of hydrogen-bond acceptors (Lipinski definition) is 5. The van der Waals surface area contributed by atoms with Crippen molar-refractivity contribution in [1.82, 2.24) is 5.16 Å². The molecular formula is C21H13NO3S. The number of carbonyl (C=O) groups is 2. The maximum Gasteiger partial charge on any atom is 0.225 e. The first kappa shape index (κ1) is 16.2. The minimum Gasteiger partial charge on any atom is -0.355 e. The number of benzene rings is 2. The average molecular weight is 359 g/mol. The molecule has 4 aromatic rings. The first-order valence-corrected chi connectivity index (χ1v) is 8.86. The zero-order valence-corrected chi connectivity index (χ0v) is 14.4. The standard InChI is InChI=1S/C21H13NO3S/c23-19(14-8-3-1-4-9-14)17-18(20(24)16-12-7-13-26-16)22-25-21(17)15-10-5-2-6-11-15/h1-13H. The summed E-state index contributed by atoms with van der Waals surface area (Å²) in [6, 6.07) is 21.5. The van der Waals surface area contributed by atoms with Crippen LogP contribution in [0.4, 0.5) is 0 Å². The van der Waals surface area contributed by atoms with E-state index in [4.69, 9.17) is 4.52 Å². The predicted molar refractivity (Wildman–Crippen MR) is 99.6 cm³/mol. The first-order chi connectivity index (χ1) is 12.8. The van der Waals surface area contributed by atoms with E-state index in [2.05, 4.69) is 5.16 Å². The third-order valence-electron chi connectivity index (χ3n) is 3.95. The molecule has 0 bridgehead atoms. The molecule has 0 spiro atoms. The van der Waals surface area contributed by atoms with Gasteiger partial charge in [0.05, 0.1) is 4.88 Å². The Morgan fingerprint density at radius 3 is 2.15 bits per heavy atom. The Labute approximate surface area is 153 Å². The third-order valence-corrected chi connectivity index (χ3v) is 4.82. The van der Waals surface area contributed by atoms with Crippen LogP contribution in [0.3, 0.4) is 0 Å². The molecule has 4 nitrogen and oxygen atoms in total. The Kier molecular flexibility index (Phi) is 4.29. The molecule has 5 heteroatoms. The molecule has 0 atom stereocenters. The van der Waals surface area contributed by atoms with E-state index in [1.807, 2.05) is 41.8 Å². The van der Waals surface area contributed by atoms with Crippen molar-refractivity contribution in [1.29, 1.82) is 0 Å². The number of thiophene rings is 1. The quantitative estimate of drug-likeness (QED) is 0.477. The third kappa shape index (κ3) is 2.89. The Bertz CT molecular complexity index is 1050. The van der Waals surface area contributed by atoms with Crippen molar-refractivity contribution < 1.29 is 14.1 Å². The summed E-state index contributed by atoms with van der Waals surface area (Å²) in [5.74, 6) is -0.296. The lowest BCUT2D eigenvalue weighted by Gasteiger charge is -2.03. The van der Waals surface area contributed by atoms with Crippen LogP contribution in [0.1, 0.15) is 31.3 Å². The SMILES string of the molecule is O=C(c1cccs1)c1noc(-c2ccccc2)c1C(=O)c1ccccc1. The highest BCUT2D eigenvalue weighted by atomic mass is 32.1. The average Bonchev–Trinajstić information content (AvgIpc) is 3.38. The fraction of sp³-hybridized carbons (Fsp3) is 0. The van der Waals surface area contributed by atoms with Crippen LogP contribution in [0.25, 0.3) is 11.3 Å². The number of hydrogen-bond donors (Lipinski definition) is 0. The van der Waals surface area contributed by atoms with E-state index < -0.39 is 0 Å². The van der Waals surface area contributed by atoms with Gasteiger partial charge in [0, 0.05) is 11.1 Å². The van der Waals surface area contributed by atoms with E-state index in [9.17, 15) is 9.59 Å². The molecule has 2 aromatic heterocycles. The van der Waals surface area contributed by atoms with Crippen LogP contribution in [0, 0.1) is 0 Å². The topological polar surface area (TPSA) is 60.2 Å². The second-order valence-corrected chi connectivity index (χ2v) is 6.55. The van der Waals surface area contributed by atoms with E-state index in [1.54, 1.807) is 36.4 Å². The van der Waals surface area contributed by atoms with Crippen LogP contribution >= 0.6 is 11.3 Å². The molecule has 126 valence electrons.